The van der Waals surface area contributed by atoms with Gasteiger partial charge in [0.05, 0.1) is 11.9 Å². The number of hydrogen-bond acceptors (Lipinski definition) is 3. The van der Waals surface area contributed by atoms with Crippen molar-refractivity contribution in [3.63, 3.8) is 0 Å². The summed E-state index contributed by atoms with van der Waals surface area (Å²) in [6.07, 6.45) is 4.63. The first-order chi connectivity index (χ1) is 11.7. The predicted molar refractivity (Wildman–Crippen MR) is 98.1 cm³/mol. The highest BCUT2D eigenvalue weighted by molar-refractivity contribution is 5.91. The first-order valence-electron chi connectivity index (χ1n) is 8.80. The number of amides is 1. The number of anilines is 2. The first kappa shape index (κ1) is 16.5. The highest BCUT2D eigenvalue weighted by atomic mass is 16.1. The summed E-state index contributed by atoms with van der Waals surface area (Å²) in [6.45, 7) is 5.99. The topological polar surface area (TPSA) is 45.2 Å². The summed E-state index contributed by atoms with van der Waals surface area (Å²) in [6, 6.07) is 12.5. The summed E-state index contributed by atoms with van der Waals surface area (Å²) >= 11 is 0. The third-order valence-electron chi connectivity index (χ3n) is 4.85. The maximum Gasteiger partial charge on any atom is 0.228 e. The fraction of sp³-hybridized carbons (Fsp3) is 0.400. The third-order valence-corrected chi connectivity index (χ3v) is 4.85. The molecule has 126 valence electrons. The fourth-order valence-electron chi connectivity index (χ4n) is 3.25. The van der Waals surface area contributed by atoms with Crippen molar-refractivity contribution < 1.29 is 4.79 Å². The molecule has 0 radical (unpaired) electrons. The zero-order chi connectivity index (χ0) is 16.9. The van der Waals surface area contributed by atoms with Crippen LogP contribution < -0.4 is 10.2 Å². The number of nitrogens with zero attached hydrogens (tertiary/aromatic N) is 2. The van der Waals surface area contributed by atoms with Crippen molar-refractivity contribution in [3.8, 4) is 0 Å². The smallest absolute Gasteiger partial charge is 0.228 e. The molecule has 1 aliphatic rings. The van der Waals surface area contributed by atoms with Crippen molar-refractivity contribution in [1.82, 2.24) is 4.98 Å². The lowest BCUT2D eigenvalue weighted by molar-refractivity contribution is -0.120. The molecule has 2 aromatic rings. The van der Waals surface area contributed by atoms with Crippen molar-refractivity contribution in [1.29, 1.82) is 0 Å². The Morgan fingerprint density at radius 2 is 1.92 bits per heavy atom. The number of carbonyl (C=O) groups is 1. The van der Waals surface area contributed by atoms with Gasteiger partial charge in [0.2, 0.25) is 5.91 Å². The van der Waals surface area contributed by atoms with Gasteiger partial charge in [-0.05, 0) is 42.5 Å². The van der Waals surface area contributed by atoms with Crippen LogP contribution in [0.25, 0.3) is 0 Å². The van der Waals surface area contributed by atoms with Crippen LogP contribution >= 0.6 is 0 Å². The lowest BCUT2D eigenvalue weighted by Crippen LogP contribution is -2.30. The minimum atomic E-state index is 0.0603. The molecular weight excluding hydrogens is 298 g/mol. The lowest BCUT2D eigenvalue weighted by atomic mass is 10.00. The Kier molecular flexibility index (Phi) is 5.14. The standard InChI is InChI=1S/C20H25N3O/c1-3-15(4-2)20(24)22-19-10-9-18(13-21-19)23-12-11-16-7-5-6-8-17(16)14-23/h5-10,13,15H,3-4,11-12,14H2,1-2H3,(H,21,22,24). The number of rotatable bonds is 5. The minimum Gasteiger partial charge on any atom is -0.366 e. The van der Waals surface area contributed by atoms with E-state index in [0.29, 0.717) is 5.82 Å². The lowest BCUT2D eigenvalue weighted by Gasteiger charge is -2.30. The molecule has 0 fully saturated rings. The molecule has 1 aromatic carbocycles. The zero-order valence-corrected chi connectivity index (χ0v) is 14.5. The normalized spacial score (nSPS) is 13.7. The second-order valence-corrected chi connectivity index (χ2v) is 6.34. The maximum atomic E-state index is 12.1. The Hall–Kier alpha value is -2.36. The van der Waals surface area contributed by atoms with Gasteiger partial charge in [-0.1, -0.05) is 38.1 Å². The van der Waals surface area contributed by atoms with E-state index in [9.17, 15) is 4.79 Å². The molecule has 3 rings (SSSR count). The number of nitrogens with one attached hydrogen (secondary N) is 1. The molecule has 0 aliphatic carbocycles. The van der Waals surface area contributed by atoms with E-state index in [1.807, 2.05) is 32.2 Å². The molecule has 1 aromatic heterocycles. The molecule has 4 nitrogen and oxygen atoms in total. The average molecular weight is 323 g/mol. The Bertz CT molecular complexity index is 692. The number of benzene rings is 1. The highest BCUT2D eigenvalue weighted by Crippen LogP contribution is 2.24. The number of pyridine rings is 1. The molecular formula is C20H25N3O. The van der Waals surface area contributed by atoms with Gasteiger partial charge >= 0.3 is 0 Å². The molecule has 1 aliphatic heterocycles. The van der Waals surface area contributed by atoms with Gasteiger partial charge in [0.15, 0.2) is 0 Å². The van der Waals surface area contributed by atoms with Crippen LogP contribution in [0.15, 0.2) is 42.6 Å². The quantitative estimate of drug-likeness (QED) is 0.904. The van der Waals surface area contributed by atoms with E-state index in [0.717, 1.165) is 38.0 Å². The van der Waals surface area contributed by atoms with Crippen LogP contribution in [-0.2, 0) is 17.8 Å². The van der Waals surface area contributed by atoms with Crippen LogP contribution in [0.5, 0.6) is 0 Å². The summed E-state index contributed by atoms with van der Waals surface area (Å²) in [5.74, 6) is 0.755. The van der Waals surface area contributed by atoms with E-state index in [1.165, 1.54) is 11.1 Å². The molecule has 24 heavy (non-hydrogen) atoms. The van der Waals surface area contributed by atoms with E-state index >= 15 is 0 Å². The Morgan fingerprint density at radius 3 is 2.58 bits per heavy atom. The summed E-state index contributed by atoms with van der Waals surface area (Å²) < 4.78 is 0. The van der Waals surface area contributed by atoms with Crippen LogP contribution in [0.4, 0.5) is 11.5 Å². The zero-order valence-electron chi connectivity index (χ0n) is 14.5. The first-order valence-corrected chi connectivity index (χ1v) is 8.80. The maximum absolute atomic E-state index is 12.1. The summed E-state index contributed by atoms with van der Waals surface area (Å²) in [7, 11) is 0. The molecule has 0 unspecified atom stereocenters. The van der Waals surface area contributed by atoms with Crippen molar-refractivity contribution in [2.75, 3.05) is 16.8 Å². The Labute approximate surface area is 143 Å². The Morgan fingerprint density at radius 1 is 1.17 bits per heavy atom. The molecule has 0 atom stereocenters. The van der Waals surface area contributed by atoms with Crippen LogP contribution in [0.2, 0.25) is 0 Å². The van der Waals surface area contributed by atoms with E-state index in [2.05, 4.69) is 39.5 Å². The van der Waals surface area contributed by atoms with Crippen LogP contribution in [0.1, 0.15) is 37.8 Å². The van der Waals surface area contributed by atoms with E-state index < -0.39 is 0 Å². The number of aromatic nitrogens is 1. The van der Waals surface area contributed by atoms with Gasteiger partial charge in [-0.2, -0.15) is 0 Å². The predicted octanol–water partition coefficient (Wildman–Crippen LogP) is 4.02. The van der Waals surface area contributed by atoms with Crippen LogP contribution in [0.3, 0.4) is 0 Å². The number of carbonyl (C=O) groups excluding carboxylic acids is 1. The minimum absolute atomic E-state index is 0.0603. The van der Waals surface area contributed by atoms with E-state index in [4.69, 9.17) is 0 Å². The van der Waals surface area contributed by atoms with Crippen molar-refractivity contribution in [3.05, 3.63) is 53.7 Å². The van der Waals surface area contributed by atoms with Gasteiger partial charge in [-0.25, -0.2) is 4.98 Å². The van der Waals surface area contributed by atoms with Gasteiger partial charge in [0.1, 0.15) is 5.82 Å². The van der Waals surface area contributed by atoms with Crippen molar-refractivity contribution >= 4 is 17.4 Å². The molecule has 0 bridgehead atoms. The van der Waals surface area contributed by atoms with Gasteiger partial charge in [-0.15, -0.1) is 0 Å². The summed E-state index contributed by atoms with van der Waals surface area (Å²) in [5.41, 5.74) is 3.93. The molecule has 2 heterocycles. The summed E-state index contributed by atoms with van der Waals surface area (Å²) in [5, 5.41) is 2.92. The van der Waals surface area contributed by atoms with E-state index in [1.54, 1.807) is 0 Å². The van der Waals surface area contributed by atoms with Crippen LogP contribution in [0, 0.1) is 5.92 Å². The molecule has 0 saturated heterocycles. The molecule has 4 heteroatoms. The third kappa shape index (κ3) is 3.58. The molecule has 1 amide bonds. The van der Waals surface area contributed by atoms with Gasteiger partial charge < -0.3 is 10.2 Å². The highest BCUT2D eigenvalue weighted by Gasteiger charge is 2.17. The van der Waals surface area contributed by atoms with E-state index in [-0.39, 0.29) is 11.8 Å². The van der Waals surface area contributed by atoms with Crippen LogP contribution in [-0.4, -0.2) is 17.4 Å². The summed E-state index contributed by atoms with van der Waals surface area (Å²) in [4.78, 5) is 18.9. The van der Waals surface area contributed by atoms with Crippen molar-refractivity contribution in [2.45, 2.75) is 39.7 Å². The monoisotopic (exact) mass is 323 g/mol. The second kappa shape index (κ2) is 7.47. The molecule has 1 N–H and O–H groups in total. The fourth-order valence-corrected chi connectivity index (χ4v) is 3.25. The number of hydrogen-bond donors (Lipinski definition) is 1. The Balaban J connectivity index is 1.66. The SMILES string of the molecule is CCC(CC)C(=O)Nc1ccc(N2CCc3ccccc3C2)cn1. The molecule has 0 spiro atoms. The second-order valence-electron chi connectivity index (χ2n) is 6.34. The molecule has 0 saturated carbocycles. The van der Waals surface area contributed by atoms with Gasteiger partial charge in [-0.3, -0.25) is 4.79 Å². The number of fused-ring (bicyclic) bond motifs is 1. The largest absolute Gasteiger partial charge is 0.366 e. The average Bonchev–Trinajstić information content (AvgIpc) is 2.63. The van der Waals surface area contributed by atoms with Crippen molar-refractivity contribution in [2.24, 2.45) is 5.92 Å². The van der Waals surface area contributed by atoms with Gasteiger partial charge in [0.25, 0.3) is 0 Å². The van der Waals surface area contributed by atoms with Gasteiger partial charge in [0, 0.05) is 19.0 Å².